The van der Waals surface area contributed by atoms with Crippen LogP contribution in [0.15, 0.2) is 23.0 Å². The minimum atomic E-state index is -0.268. The van der Waals surface area contributed by atoms with Crippen molar-refractivity contribution in [3.8, 4) is 0 Å². The summed E-state index contributed by atoms with van der Waals surface area (Å²) in [5.41, 5.74) is 2.57. The molecule has 31 heavy (non-hydrogen) atoms. The van der Waals surface area contributed by atoms with Gasteiger partial charge in [0, 0.05) is 12.8 Å². The van der Waals surface area contributed by atoms with Gasteiger partial charge in [-0.2, -0.15) is 0 Å². The summed E-state index contributed by atoms with van der Waals surface area (Å²) < 4.78 is 5.62. The average Bonchev–Trinajstić information content (AvgIpc) is 3.10. The summed E-state index contributed by atoms with van der Waals surface area (Å²) in [6.07, 6.45) is 13.9. The van der Waals surface area contributed by atoms with Gasteiger partial charge >= 0.3 is 5.97 Å². The third-order valence-electron chi connectivity index (χ3n) is 9.36. The molecule has 5 atom stereocenters. The predicted molar refractivity (Wildman–Crippen MR) is 120 cm³/mol. The number of unbranched alkanes of at least 4 members (excludes halogenated alkanes) is 2. The lowest BCUT2D eigenvalue weighted by molar-refractivity contribution is -0.141. The largest absolute Gasteiger partial charge is 0.423 e. The van der Waals surface area contributed by atoms with E-state index in [4.69, 9.17) is 4.74 Å². The van der Waals surface area contributed by atoms with Crippen molar-refractivity contribution in [3.05, 3.63) is 23.0 Å². The van der Waals surface area contributed by atoms with E-state index in [-0.39, 0.29) is 16.8 Å². The Morgan fingerprint density at radius 1 is 1.06 bits per heavy atom. The second-order valence-corrected chi connectivity index (χ2v) is 10.9. The van der Waals surface area contributed by atoms with Gasteiger partial charge in [-0.1, -0.05) is 39.2 Å². The van der Waals surface area contributed by atoms with E-state index in [0.29, 0.717) is 42.1 Å². The second kappa shape index (κ2) is 8.67. The quantitative estimate of drug-likeness (QED) is 0.169. The van der Waals surface area contributed by atoms with Crippen LogP contribution in [-0.4, -0.2) is 18.0 Å². The molecule has 0 spiro atoms. The summed E-state index contributed by atoms with van der Waals surface area (Å²) >= 11 is 0. The molecule has 4 aliphatic rings. The topological polar surface area (TPSA) is 60.4 Å². The molecule has 0 aromatic heterocycles. The molecule has 3 fully saturated rings. The predicted octanol–water partition coefficient (Wildman–Crippen LogP) is 6.09. The first-order valence-corrected chi connectivity index (χ1v) is 12.5. The third-order valence-corrected chi connectivity index (χ3v) is 9.36. The van der Waals surface area contributed by atoms with Crippen molar-refractivity contribution in [2.24, 2.45) is 28.6 Å². The fourth-order valence-corrected chi connectivity index (χ4v) is 7.63. The Morgan fingerprint density at radius 3 is 2.58 bits per heavy atom. The molecule has 0 amide bonds. The van der Waals surface area contributed by atoms with Crippen molar-refractivity contribution < 1.29 is 19.1 Å². The molecule has 4 rings (SSSR count). The maximum atomic E-state index is 12.3. The Labute approximate surface area is 186 Å². The minimum Gasteiger partial charge on any atom is -0.423 e. The zero-order valence-corrected chi connectivity index (χ0v) is 19.5. The van der Waals surface area contributed by atoms with Crippen LogP contribution in [0.4, 0.5) is 0 Å². The highest BCUT2D eigenvalue weighted by molar-refractivity contribution is 5.91. The van der Waals surface area contributed by atoms with Crippen LogP contribution in [0.1, 0.15) is 97.8 Å². The first kappa shape index (κ1) is 22.5. The normalized spacial score (nSPS) is 38.5. The summed E-state index contributed by atoms with van der Waals surface area (Å²) in [6, 6.07) is 0. The average molecular weight is 427 g/mol. The molecule has 0 unspecified atom stereocenters. The van der Waals surface area contributed by atoms with Crippen molar-refractivity contribution in [3.63, 3.8) is 0 Å². The van der Waals surface area contributed by atoms with Gasteiger partial charge in [-0.15, -0.1) is 0 Å². The summed E-state index contributed by atoms with van der Waals surface area (Å²) in [5, 5.41) is 0. The van der Waals surface area contributed by atoms with Crippen LogP contribution >= 0.6 is 0 Å². The molecular formula is C27H38O4. The van der Waals surface area contributed by atoms with Crippen LogP contribution in [-0.2, 0) is 19.1 Å². The number of rotatable bonds is 6. The summed E-state index contributed by atoms with van der Waals surface area (Å²) in [6.45, 7) is 6.81. The molecule has 0 N–H and O–H groups in total. The van der Waals surface area contributed by atoms with Crippen LogP contribution < -0.4 is 0 Å². The molecule has 4 nitrogen and oxygen atoms in total. The molecule has 0 aromatic carbocycles. The summed E-state index contributed by atoms with van der Waals surface area (Å²) in [5.74, 6) is 2.11. The summed E-state index contributed by atoms with van der Waals surface area (Å²) in [4.78, 5) is 36.3. The highest BCUT2D eigenvalue weighted by Crippen LogP contribution is 2.66. The van der Waals surface area contributed by atoms with Crippen LogP contribution in [0.3, 0.4) is 0 Å². The molecule has 0 aromatic rings. The molecular weight excluding hydrogens is 388 g/mol. The maximum absolute atomic E-state index is 12.3. The molecule has 0 heterocycles. The fourth-order valence-electron chi connectivity index (χ4n) is 7.63. The Bertz CT molecular complexity index is 821. The van der Waals surface area contributed by atoms with Gasteiger partial charge in [0.1, 0.15) is 0 Å². The van der Waals surface area contributed by atoms with Crippen molar-refractivity contribution >= 4 is 18.0 Å². The highest BCUT2D eigenvalue weighted by Gasteiger charge is 2.58. The molecule has 0 bridgehead atoms. The number of ether oxygens (including phenoxy) is 1. The standard InChI is InChI=1S/C27H38O4/c1-4-5-6-7-25(30)31-24(17-28)23-11-10-21-20-9-8-18-16-19(29)12-14-26(18,2)22(20)13-15-27(21,23)3/h16-17,20-22H,4-15H2,1-3H3/b24-23-/t20-,21-,22-,26-,27-/m0/s1. The van der Waals surface area contributed by atoms with E-state index < -0.39 is 0 Å². The lowest BCUT2D eigenvalue weighted by Gasteiger charge is -2.57. The zero-order chi connectivity index (χ0) is 22.2. The molecule has 4 aliphatic carbocycles. The van der Waals surface area contributed by atoms with Crippen molar-refractivity contribution in [1.82, 2.24) is 0 Å². The SMILES string of the molecule is CCCCCC(=O)O/C(C=O)=C1/CC[C@H]2[C@@H]3CCC4=CC(=O)CC[C@]4(C)[C@H]3CC[C@]12C. The van der Waals surface area contributed by atoms with Gasteiger partial charge in [0.05, 0.1) is 0 Å². The number of aldehydes is 1. The Balaban J connectivity index is 1.56. The number of hydrogen-bond donors (Lipinski definition) is 0. The Hall–Kier alpha value is -1.71. The van der Waals surface area contributed by atoms with E-state index >= 15 is 0 Å². The molecule has 170 valence electrons. The highest BCUT2D eigenvalue weighted by atomic mass is 16.5. The fraction of sp³-hybridized carbons (Fsp3) is 0.741. The third kappa shape index (κ3) is 3.85. The lowest BCUT2D eigenvalue weighted by Crippen LogP contribution is -2.49. The maximum Gasteiger partial charge on any atom is 0.311 e. The van der Waals surface area contributed by atoms with Gasteiger partial charge < -0.3 is 4.74 Å². The number of carbonyl (C=O) groups excluding carboxylic acids is 3. The van der Waals surface area contributed by atoms with Gasteiger partial charge in [-0.05, 0) is 91.6 Å². The van der Waals surface area contributed by atoms with Crippen molar-refractivity contribution in [2.75, 3.05) is 0 Å². The summed E-state index contributed by atoms with van der Waals surface area (Å²) in [7, 11) is 0. The van der Waals surface area contributed by atoms with Crippen molar-refractivity contribution in [1.29, 1.82) is 0 Å². The monoisotopic (exact) mass is 426 g/mol. The van der Waals surface area contributed by atoms with E-state index in [1.807, 2.05) is 6.08 Å². The number of esters is 1. The first-order valence-electron chi connectivity index (χ1n) is 12.5. The van der Waals surface area contributed by atoms with E-state index in [2.05, 4.69) is 20.8 Å². The van der Waals surface area contributed by atoms with Crippen LogP contribution in [0, 0.1) is 28.6 Å². The van der Waals surface area contributed by atoms with E-state index in [0.717, 1.165) is 76.1 Å². The number of hydrogen-bond acceptors (Lipinski definition) is 4. The number of carbonyl (C=O) groups is 3. The smallest absolute Gasteiger partial charge is 0.311 e. The van der Waals surface area contributed by atoms with Gasteiger partial charge in [0.25, 0.3) is 0 Å². The minimum absolute atomic E-state index is 0.0524. The number of allylic oxidation sites excluding steroid dienone is 3. The Kier molecular flexibility index (Phi) is 6.29. The molecule has 4 heteroatoms. The van der Waals surface area contributed by atoms with Crippen LogP contribution in [0.2, 0.25) is 0 Å². The van der Waals surface area contributed by atoms with E-state index in [9.17, 15) is 14.4 Å². The first-order chi connectivity index (χ1) is 14.8. The van der Waals surface area contributed by atoms with Crippen molar-refractivity contribution in [2.45, 2.75) is 97.8 Å². The molecule has 0 saturated heterocycles. The van der Waals surface area contributed by atoms with E-state index in [1.54, 1.807) is 0 Å². The molecule has 0 radical (unpaired) electrons. The molecule has 0 aliphatic heterocycles. The van der Waals surface area contributed by atoms with Crippen LogP contribution in [0.5, 0.6) is 0 Å². The zero-order valence-electron chi connectivity index (χ0n) is 19.5. The lowest BCUT2D eigenvalue weighted by atomic mass is 9.47. The Morgan fingerprint density at radius 2 is 1.84 bits per heavy atom. The van der Waals surface area contributed by atoms with Crippen LogP contribution in [0.25, 0.3) is 0 Å². The number of ketones is 1. The second-order valence-electron chi connectivity index (χ2n) is 10.9. The van der Waals surface area contributed by atoms with E-state index in [1.165, 1.54) is 5.57 Å². The number of fused-ring (bicyclic) bond motifs is 5. The molecule has 3 saturated carbocycles. The van der Waals surface area contributed by atoms with Gasteiger partial charge in [0.15, 0.2) is 17.8 Å². The van der Waals surface area contributed by atoms with Gasteiger partial charge in [0.2, 0.25) is 0 Å². The van der Waals surface area contributed by atoms with Gasteiger partial charge in [-0.3, -0.25) is 14.4 Å². The van der Waals surface area contributed by atoms with Gasteiger partial charge in [-0.25, -0.2) is 0 Å².